The van der Waals surface area contributed by atoms with Crippen LogP contribution in [0.4, 0.5) is 0 Å². The highest BCUT2D eigenvalue weighted by atomic mass is 35.5. The molecule has 1 heterocycles. The summed E-state index contributed by atoms with van der Waals surface area (Å²) in [4.78, 5) is 2.70. The van der Waals surface area contributed by atoms with Crippen molar-refractivity contribution in [2.45, 2.75) is 49.5 Å². The average Bonchev–Trinajstić information content (AvgIpc) is 2.86. The van der Waals surface area contributed by atoms with Gasteiger partial charge in [-0.1, -0.05) is 48.9 Å². The lowest BCUT2D eigenvalue weighted by Crippen LogP contribution is -2.51. The molecule has 0 atom stereocenters. The van der Waals surface area contributed by atoms with Gasteiger partial charge in [0.2, 0.25) is 10.0 Å². The fourth-order valence-electron chi connectivity index (χ4n) is 3.72. The molecule has 2 fully saturated rings. The molecule has 134 valence electrons. The summed E-state index contributed by atoms with van der Waals surface area (Å²) in [5.41, 5.74) is 0. The third-order valence-corrected chi connectivity index (χ3v) is 7.78. The Morgan fingerprint density at radius 1 is 0.875 bits per heavy atom. The minimum absolute atomic E-state index is 0.222. The molecular weight excluding hydrogens is 367 g/mol. The largest absolute Gasteiger partial charge is 0.298 e. The van der Waals surface area contributed by atoms with Crippen molar-refractivity contribution in [1.82, 2.24) is 9.21 Å². The Labute approximate surface area is 154 Å². The zero-order valence-corrected chi connectivity index (χ0v) is 16.1. The third-order valence-electron chi connectivity index (χ3n) is 5.14. The van der Waals surface area contributed by atoms with E-state index in [4.69, 9.17) is 23.2 Å². The Morgan fingerprint density at radius 2 is 1.50 bits per heavy atom. The van der Waals surface area contributed by atoms with E-state index < -0.39 is 10.0 Å². The maximum absolute atomic E-state index is 12.8. The van der Waals surface area contributed by atoms with Crippen molar-refractivity contribution >= 4 is 33.2 Å². The van der Waals surface area contributed by atoms with Gasteiger partial charge in [-0.15, -0.1) is 0 Å². The number of rotatable bonds is 3. The van der Waals surface area contributed by atoms with Gasteiger partial charge in [0, 0.05) is 32.2 Å². The van der Waals surface area contributed by atoms with Gasteiger partial charge in [0.1, 0.15) is 0 Å². The van der Waals surface area contributed by atoms with E-state index >= 15 is 0 Å². The SMILES string of the molecule is O=S(=O)(c1ccc(Cl)c(Cl)c1)N1CCN(C2CCCCCC2)CC1. The highest BCUT2D eigenvalue weighted by Crippen LogP contribution is 2.28. The molecule has 0 spiro atoms. The molecule has 1 saturated carbocycles. The second kappa shape index (κ2) is 7.92. The molecule has 2 aliphatic rings. The van der Waals surface area contributed by atoms with E-state index in [-0.39, 0.29) is 9.92 Å². The van der Waals surface area contributed by atoms with Crippen LogP contribution in [0, 0.1) is 0 Å². The first-order chi connectivity index (χ1) is 11.5. The lowest BCUT2D eigenvalue weighted by atomic mass is 10.1. The topological polar surface area (TPSA) is 40.6 Å². The number of hydrogen-bond acceptors (Lipinski definition) is 3. The number of sulfonamides is 1. The molecule has 1 aromatic carbocycles. The highest BCUT2D eigenvalue weighted by molar-refractivity contribution is 7.89. The molecule has 4 nitrogen and oxygen atoms in total. The Hall–Kier alpha value is -0.330. The number of halogens is 2. The second-order valence-corrected chi connectivity index (χ2v) is 9.41. The van der Waals surface area contributed by atoms with Gasteiger partial charge in [0.25, 0.3) is 0 Å². The number of hydrogen-bond donors (Lipinski definition) is 0. The van der Waals surface area contributed by atoms with Crippen LogP contribution in [0.3, 0.4) is 0 Å². The summed E-state index contributed by atoms with van der Waals surface area (Å²) in [5, 5.41) is 0.642. The van der Waals surface area contributed by atoms with Crippen LogP contribution in [0.25, 0.3) is 0 Å². The van der Waals surface area contributed by atoms with Gasteiger partial charge in [-0.2, -0.15) is 4.31 Å². The van der Waals surface area contributed by atoms with Crippen LogP contribution in [0.1, 0.15) is 38.5 Å². The van der Waals surface area contributed by atoms with E-state index in [0.29, 0.717) is 24.2 Å². The normalized spacial score (nSPS) is 22.4. The molecule has 0 unspecified atom stereocenters. The zero-order chi connectivity index (χ0) is 17.2. The number of nitrogens with zero attached hydrogens (tertiary/aromatic N) is 2. The molecule has 24 heavy (non-hydrogen) atoms. The molecule has 1 aromatic rings. The van der Waals surface area contributed by atoms with E-state index in [0.717, 1.165) is 13.1 Å². The molecule has 0 aromatic heterocycles. The quantitative estimate of drug-likeness (QED) is 0.731. The van der Waals surface area contributed by atoms with Gasteiger partial charge in [0.05, 0.1) is 14.9 Å². The first-order valence-corrected chi connectivity index (χ1v) is 10.9. The van der Waals surface area contributed by atoms with Crippen molar-refractivity contribution in [2.75, 3.05) is 26.2 Å². The summed E-state index contributed by atoms with van der Waals surface area (Å²) in [6.07, 6.45) is 7.77. The Kier molecular flexibility index (Phi) is 6.09. The minimum Gasteiger partial charge on any atom is -0.298 e. The minimum atomic E-state index is -3.50. The molecule has 7 heteroatoms. The van der Waals surface area contributed by atoms with Crippen molar-refractivity contribution in [3.8, 4) is 0 Å². The van der Waals surface area contributed by atoms with Crippen LogP contribution < -0.4 is 0 Å². The summed E-state index contributed by atoms with van der Waals surface area (Å²) < 4.78 is 27.2. The number of piperazine rings is 1. The summed E-state index contributed by atoms with van der Waals surface area (Å²) >= 11 is 11.9. The van der Waals surface area contributed by atoms with Crippen LogP contribution in [-0.4, -0.2) is 49.8 Å². The molecule has 0 radical (unpaired) electrons. The Morgan fingerprint density at radius 3 is 2.08 bits per heavy atom. The lowest BCUT2D eigenvalue weighted by molar-refractivity contribution is 0.126. The van der Waals surface area contributed by atoms with Crippen LogP contribution in [0.5, 0.6) is 0 Å². The second-order valence-electron chi connectivity index (χ2n) is 6.66. The van der Waals surface area contributed by atoms with Crippen molar-refractivity contribution in [2.24, 2.45) is 0 Å². The standard InChI is InChI=1S/C17H24Cl2N2O2S/c18-16-8-7-15(13-17(16)19)24(22,23)21-11-9-20(10-12-21)14-5-3-1-2-4-6-14/h7-8,13-14H,1-6,9-12H2. The number of benzene rings is 1. The van der Waals surface area contributed by atoms with E-state index in [1.54, 1.807) is 10.4 Å². The smallest absolute Gasteiger partial charge is 0.243 e. The summed E-state index contributed by atoms with van der Waals surface area (Å²) in [7, 11) is -3.50. The van der Waals surface area contributed by atoms with Gasteiger partial charge in [0.15, 0.2) is 0 Å². The van der Waals surface area contributed by atoms with Gasteiger partial charge in [-0.25, -0.2) is 8.42 Å². The van der Waals surface area contributed by atoms with Crippen molar-refractivity contribution < 1.29 is 8.42 Å². The molecule has 1 aliphatic carbocycles. The van der Waals surface area contributed by atoms with Crippen LogP contribution in [0.2, 0.25) is 10.0 Å². The maximum atomic E-state index is 12.8. The van der Waals surface area contributed by atoms with Crippen molar-refractivity contribution in [1.29, 1.82) is 0 Å². The van der Waals surface area contributed by atoms with Crippen LogP contribution in [-0.2, 0) is 10.0 Å². The maximum Gasteiger partial charge on any atom is 0.243 e. The predicted molar refractivity (Wildman–Crippen MR) is 98.3 cm³/mol. The van der Waals surface area contributed by atoms with Gasteiger partial charge < -0.3 is 0 Å². The lowest BCUT2D eigenvalue weighted by Gasteiger charge is -2.38. The summed E-state index contributed by atoms with van der Waals surface area (Å²) in [6.45, 7) is 2.70. The fraction of sp³-hybridized carbons (Fsp3) is 0.647. The van der Waals surface area contributed by atoms with Crippen molar-refractivity contribution in [3.05, 3.63) is 28.2 Å². The average molecular weight is 391 g/mol. The molecule has 1 saturated heterocycles. The van der Waals surface area contributed by atoms with E-state index in [1.807, 2.05) is 0 Å². The van der Waals surface area contributed by atoms with E-state index in [2.05, 4.69) is 4.90 Å². The summed E-state index contributed by atoms with van der Waals surface area (Å²) in [6, 6.07) is 5.14. The highest BCUT2D eigenvalue weighted by Gasteiger charge is 2.31. The fourth-order valence-corrected chi connectivity index (χ4v) is 5.53. The van der Waals surface area contributed by atoms with Crippen LogP contribution in [0.15, 0.2) is 23.1 Å². The Bertz CT molecular complexity index is 665. The molecule has 0 amide bonds. The van der Waals surface area contributed by atoms with Crippen LogP contribution >= 0.6 is 23.2 Å². The molecular formula is C17H24Cl2N2O2S. The third kappa shape index (κ3) is 4.07. The predicted octanol–water partition coefficient (Wildman–Crippen LogP) is 4.02. The summed E-state index contributed by atoms with van der Waals surface area (Å²) in [5.74, 6) is 0. The van der Waals surface area contributed by atoms with Crippen molar-refractivity contribution in [3.63, 3.8) is 0 Å². The Balaban J connectivity index is 1.65. The van der Waals surface area contributed by atoms with E-state index in [9.17, 15) is 8.42 Å². The van der Waals surface area contributed by atoms with E-state index in [1.165, 1.54) is 50.7 Å². The zero-order valence-electron chi connectivity index (χ0n) is 13.8. The van der Waals surface area contributed by atoms with Gasteiger partial charge in [-0.05, 0) is 31.0 Å². The van der Waals surface area contributed by atoms with Gasteiger partial charge >= 0.3 is 0 Å². The monoisotopic (exact) mass is 390 g/mol. The first-order valence-electron chi connectivity index (χ1n) is 8.68. The van der Waals surface area contributed by atoms with Gasteiger partial charge in [-0.3, -0.25) is 4.90 Å². The molecule has 0 N–H and O–H groups in total. The molecule has 1 aliphatic heterocycles. The molecule has 3 rings (SSSR count). The molecule has 0 bridgehead atoms. The first kappa shape index (κ1) is 18.5.